The van der Waals surface area contributed by atoms with Gasteiger partial charge in [0.05, 0.1) is 6.10 Å². The summed E-state index contributed by atoms with van der Waals surface area (Å²) in [5.74, 6) is -1.01. The molecule has 3 atom stereocenters. The minimum absolute atomic E-state index is 0.0452. The Morgan fingerprint density at radius 3 is 2.55 bits per heavy atom. The fourth-order valence-electron chi connectivity index (χ4n) is 1.91. The van der Waals surface area contributed by atoms with Crippen molar-refractivity contribution in [3.05, 3.63) is 43.9 Å². The number of carbonyl (C=O) groups is 1. The monoisotopic (exact) mass is 318 g/mol. The van der Waals surface area contributed by atoms with Gasteiger partial charge in [-0.2, -0.15) is 0 Å². The average molecular weight is 319 g/mol. The standard InChI is InChI=1S/C12H12Cl2N2O4/c13-7-1-6(2-8(14)3-7)11(17)5-15-12(18)9-4-10(9)16(19)20/h1-3,9-11,17H,4-5H2,(H,15,18). The lowest BCUT2D eigenvalue weighted by Gasteiger charge is -2.12. The van der Waals surface area contributed by atoms with Crippen molar-refractivity contribution in [2.24, 2.45) is 5.92 Å². The molecule has 0 radical (unpaired) electrons. The molecular weight excluding hydrogens is 307 g/mol. The molecule has 0 aromatic heterocycles. The van der Waals surface area contributed by atoms with E-state index in [4.69, 9.17) is 23.2 Å². The maximum Gasteiger partial charge on any atom is 0.230 e. The molecule has 108 valence electrons. The van der Waals surface area contributed by atoms with Crippen molar-refractivity contribution in [2.75, 3.05) is 6.54 Å². The molecule has 0 saturated heterocycles. The van der Waals surface area contributed by atoms with E-state index in [0.29, 0.717) is 15.6 Å². The van der Waals surface area contributed by atoms with E-state index in [0.717, 1.165) is 0 Å². The van der Waals surface area contributed by atoms with Crippen LogP contribution in [0.1, 0.15) is 18.1 Å². The van der Waals surface area contributed by atoms with Gasteiger partial charge in [0.25, 0.3) is 0 Å². The maximum absolute atomic E-state index is 11.6. The molecule has 0 heterocycles. The van der Waals surface area contributed by atoms with E-state index in [1.807, 2.05) is 0 Å². The predicted octanol–water partition coefficient (Wildman–Crippen LogP) is 1.81. The zero-order chi connectivity index (χ0) is 14.9. The number of nitrogens with zero attached hydrogens (tertiary/aromatic N) is 1. The summed E-state index contributed by atoms with van der Waals surface area (Å²) in [5, 5.41) is 23.6. The summed E-state index contributed by atoms with van der Waals surface area (Å²) >= 11 is 11.6. The third-order valence-corrected chi connectivity index (χ3v) is 3.54. The van der Waals surface area contributed by atoms with E-state index in [2.05, 4.69) is 5.32 Å². The zero-order valence-electron chi connectivity index (χ0n) is 10.3. The SMILES string of the molecule is O=C(NCC(O)c1cc(Cl)cc(Cl)c1)C1CC1[N+](=O)[O-]. The van der Waals surface area contributed by atoms with Gasteiger partial charge in [-0.3, -0.25) is 14.9 Å². The third kappa shape index (κ3) is 3.59. The number of hydrogen-bond donors (Lipinski definition) is 2. The molecule has 1 aliphatic carbocycles. The van der Waals surface area contributed by atoms with Crippen LogP contribution in [0.15, 0.2) is 18.2 Å². The summed E-state index contributed by atoms with van der Waals surface area (Å²) in [6.45, 7) is -0.0452. The normalized spacial score (nSPS) is 22.1. The number of amides is 1. The van der Waals surface area contributed by atoms with Crippen molar-refractivity contribution in [3.8, 4) is 0 Å². The van der Waals surface area contributed by atoms with Gasteiger partial charge in [-0.25, -0.2) is 0 Å². The first-order valence-corrected chi connectivity index (χ1v) is 6.69. The molecular formula is C12H12Cl2N2O4. The lowest BCUT2D eigenvalue weighted by Crippen LogP contribution is -2.31. The van der Waals surface area contributed by atoms with Crippen LogP contribution in [0.25, 0.3) is 0 Å². The molecule has 6 nitrogen and oxygen atoms in total. The van der Waals surface area contributed by atoms with E-state index in [9.17, 15) is 20.0 Å². The molecule has 2 N–H and O–H groups in total. The number of carbonyl (C=O) groups excluding carboxylic acids is 1. The van der Waals surface area contributed by atoms with E-state index in [1.165, 1.54) is 6.07 Å². The third-order valence-electron chi connectivity index (χ3n) is 3.10. The highest BCUT2D eigenvalue weighted by Crippen LogP contribution is 2.33. The summed E-state index contributed by atoms with van der Waals surface area (Å²) < 4.78 is 0. The molecule has 20 heavy (non-hydrogen) atoms. The van der Waals surface area contributed by atoms with E-state index >= 15 is 0 Å². The molecule has 1 fully saturated rings. The summed E-state index contributed by atoms with van der Waals surface area (Å²) in [5.41, 5.74) is 0.476. The number of halogens is 2. The van der Waals surface area contributed by atoms with Crippen LogP contribution in [0.2, 0.25) is 10.0 Å². The van der Waals surface area contributed by atoms with Crippen molar-refractivity contribution < 1.29 is 14.8 Å². The van der Waals surface area contributed by atoms with Crippen molar-refractivity contribution in [2.45, 2.75) is 18.6 Å². The largest absolute Gasteiger partial charge is 0.387 e. The highest BCUT2D eigenvalue weighted by atomic mass is 35.5. The van der Waals surface area contributed by atoms with Crippen molar-refractivity contribution in [3.63, 3.8) is 0 Å². The summed E-state index contributed by atoms with van der Waals surface area (Å²) in [6.07, 6.45) is -0.722. The van der Waals surface area contributed by atoms with Gasteiger partial charge >= 0.3 is 0 Å². The number of hydrogen-bond acceptors (Lipinski definition) is 4. The second-order valence-corrected chi connectivity index (χ2v) is 5.53. The molecule has 0 bridgehead atoms. The van der Waals surface area contributed by atoms with Crippen molar-refractivity contribution in [1.82, 2.24) is 5.32 Å². The fraction of sp³-hybridized carbons (Fsp3) is 0.417. The van der Waals surface area contributed by atoms with Gasteiger partial charge in [-0.05, 0) is 23.8 Å². The van der Waals surface area contributed by atoms with Crippen LogP contribution in [0.3, 0.4) is 0 Å². The molecule has 1 saturated carbocycles. The van der Waals surface area contributed by atoms with Crippen LogP contribution in [0.5, 0.6) is 0 Å². The van der Waals surface area contributed by atoms with Crippen molar-refractivity contribution >= 4 is 29.1 Å². The quantitative estimate of drug-likeness (QED) is 0.639. The minimum Gasteiger partial charge on any atom is -0.387 e. The molecule has 0 spiro atoms. The van der Waals surface area contributed by atoms with Gasteiger partial charge in [0, 0.05) is 27.9 Å². The molecule has 1 aliphatic rings. The van der Waals surface area contributed by atoms with Gasteiger partial charge < -0.3 is 10.4 Å². The topological polar surface area (TPSA) is 92.5 Å². The lowest BCUT2D eigenvalue weighted by atomic mass is 10.1. The number of nitro groups is 1. The number of aliphatic hydroxyl groups excluding tert-OH is 1. The van der Waals surface area contributed by atoms with Gasteiger partial charge in [-0.15, -0.1) is 0 Å². The number of aliphatic hydroxyl groups is 1. The van der Waals surface area contributed by atoms with Crippen LogP contribution in [-0.2, 0) is 4.79 Å². The Morgan fingerprint density at radius 1 is 1.45 bits per heavy atom. The molecule has 2 rings (SSSR count). The Bertz CT molecular complexity index is 532. The Hall–Kier alpha value is -1.37. The summed E-state index contributed by atoms with van der Waals surface area (Å²) in [6, 6.07) is 3.82. The lowest BCUT2D eigenvalue weighted by molar-refractivity contribution is -0.497. The fourth-order valence-corrected chi connectivity index (χ4v) is 2.45. The molecule has 1 aromatic rings. The van der Waals surface area contributed by atoms with E-state index < -0.39 is 28.9 Å². The van der Waals surface area contributed by atoms with Crippen LogP contribution in [0, 0.1) is 16.0 Å². The molecule has 1 amide bonds. The zero-order valence-corrected chi connectivity index (χ0v) is 11.8. The van der Waals surface area contributed by atoms with Crippen LogP contribution < -0.4 is 5.32 Å². The Balaban J connectivity index is 1.88. The first-order valence-electron chi connectivity index (χ1n) is 5.93. The van der Waals surface area contributed by atoms with Gasteiger partial charge in [0.15, 0.2) is 0 Å². The maximum atomic E-state index is 11.6. The molecule has 3 unspecified atom stereocenters. The molecule has 0 aliphatic heterocycles. The first kappa shape index (κ1) is 15.0. The van der Waals surface area contributed by atoms with Gasteiger partial charge in [-0.1, -0.05) is 23.2 Å². The smallest absolute Gasteiger partial charge is 0.230 e. The summed E-state index contributed by atoms with van der Waals surface area (Å²) in [7, 11) is 0. The number of rotatable bonds is 5. The minimum atomic E-state index is -0.969. The molecule has 1 aromatic carbocycles. The van der Waals surface area contributed by atoms with Gasteiger partial charge in [0.1, 0.15) is 5.92 Å². The summed E-state index contributed by atoms with van der Waals surface area (Å²) in [4.78, 5) is 21.6. The average Bonchev–Trinajstić information content (AvgIpc) is 3.14. The second-order valence-electron chi connectivity index (χ2n) is 4.66. The highest BCUT2D eigenvalue weighted by Gasteiger charge is 2.53. The Morgan fingerprint density at radius 2 is 2.05 bits per heavy atom. The Labute approximate surface area is 124 Å². The second kappa shape index (κ2) is 5.95. The van der Waals surface area contributed by atoms with Crippen molar-refractivity contribution in [1.29, 1.82) is 0 Å². The Kier molecular flexibility index (Phi) is 4.47. The molecule has 8 heteroatoms. The van der Waals surface area contributed by atoms with Crippen LogP contribution in [0.4, 0.5) is 0 Å². The van der Waals surface area contributed by atoms with E-state index in [1.54, 1.807) is 12.1 Å². The first-order chi connectivity index (χ1) is 9.38. The number of benzene rings is 1. The van der Waals surface area contributed by atoms with E-state index in [-0.39, 0.29) is 13.0 Å². The number of nitrogens with one attached hydrogen (secondary N) is 1. The predicted molar refractivity (Wildman–Crippen MR) is 73.3 cm³/mol. The highest BCUT2D eigenvalue weighted by molar-refractivity contribution is 6.34. The van der Waals surface area contributed by atoms with Gasteiger partial charge in [0.2, 0.25) is 11.9 Å². The van der Waals surface area contributed by atoms with Crippen LogP contribution >= 0.6 is 23.2 Å². The van der Waals surface area contributed by atoms with Crippen LogP contribution in [-0.4, -0.2) is 28.5 Å².